The van der Waals surface area contributed by atoms with Gasteiger partial charge in [-0.25, -0.2) is 0 Å². The van der Waals surface area contributed by atoms with E-state index in [2.05, 4.69) is 21.4 Å². The van der Waals surface area contributed by atoms with Gasteiger partial charge in [0.1, 0.15) is 12.4 Å². The van der Waals surface area contributed by atoms with Crippen LogP contribution in [0.3, 0.4) is 0 Å². The van der Waals surface area contributed by atoms with Gasteiger partial charge in [-0.1, -0.05) is 0 Å². The first kappa shape index (κ1) is 16.1. The number of likely N-dealkylation sites (tertiary alicyclic amines) is 1. The lowest BCUT2D eigenvalue weighted by Gasteiger charge is -2.24. The molecule has 1 atom stereocenters. The highest BCUT2D eigenvalue weighted by atomic mass is 16.5. The quantitative estimate of drug-likeness (QED) is 0.877. The lowest BCUT2D eigenvalue weighted by atomic mass is 10.0. The molecule has 132 valence electrons. The fraction of sp³-hybridized carbons (Fsp3) is 0.474. The van der Waals surface area contributed by atoms with Crippen LogP contribution in [0.25, 0.3) is 0 Å². The number of ether oxygens (including phenoxy) is 1. The Morgan fingerprint density at radius 1 is 1.32 bits per heavy atom. The van der Waals surface area contributed by atoms with Gasteiger partial charge in [0.15, 0.2) is 0 Å². The molecule has 0 radical (unpaired) electrons. The lowest BCUT2D eigenvalue weighted by Crippen LogP contribution is -2.36. The van der Waals surface area contributed by atoms with Crippen molar-refractivity contribution in [3.63, 3.8) is 0 Å². The van der Waals surface area contributed by atoms with E-state index in [0.717, 1.165) is 43.1 Å². The van der Waals surface area contributed by atoms with Crippen LogP contribution in [0, 0.1) is 0 Å². The van der Waals surface area contributed by atoms with Gasteiger partial charge in [0.25, 0.3) is 0 Å². The number of carbonyl (C=O) groups is 1. The van der Waals surface area contributed by atoms with E-state index in [1.54, 1.807) is 0 Å². The van der Waals surface area contributed by atoms with Crippen LogP contribution in [-0.4, -0.2) is 46.3 Å². The highest BCUT2D eigenvalue weighted by molar-refractivity contribution is 5.93. The average Bonchev–Trinajstić information content (AvgIpc) is 3.28. The van der Waals surface area contributed by atoms with E-state index in [9.17, 15) is 4.79 Å². The van der Waals surface area contributed by atoms with Crippen LogP contribution in [0.2, 0.25) is 0 Å². The highest BCUT2D eigenvalue weighted by Crippen LogP contribution is 2.27. The number of hydrogen-bond acceptors (Lipinski definition) is 4. The third kappa shape index (κ3) is 3.85. The summed E-state index contributed by atoms with van der Waals surface area (Å²) >= 11 is 0. The summed E-state index contributed by atoms with van der Waals surface area (Å²) in [5, 5.41) is 7.22. The number of rotatable bonds is 6. The number of benzene rings is 1. The molecule has 25 heavy (non-hydrogen) atoms. The molecule has 6 nitrogen and oxygen atoms in total. The Balaban J connectivity index is 1.29. The minimum Gasteiger partial charge on any atom is -0.492 e. The summed E-state index contributed by atoms with van der Waals surface area (Å²) < 4.78 is 7.98. The van der Waals surface area contributed by atoms with Gasteiger partial charge in [0.2, 0.25) is 5.91 Å². The van der Waals surface area contributed by atoms with Gasteiger partial charge >= 0.3 is 0 Å². The van der Waals surface area contributed by atoms with E-state index < -0.39 is 0 Å². The monoisotopic (exact) mass is 340 g/mol. The van der Waals surface area contributed by atoms with Crippen LogP contribution in [0.15, 0.2) is 36.7 Å². The van der Waals surface area contributed by atoms with Gasteiger partial charge in [0.05, 0.1) is 6.54 Å². The van der Waals surface area contributed by atoms with Crippen molar-refractivity contribution in [3.8, 4) is 5.75 Å². The van der Waals surface area contributed by atoms with Crippen molar-refractivity contribution in [2.45, 2.75) is 38.3 Å². The zero-order chi connectivity index (χ0) is 17.1. The molecule has 0 unspecified atom stereocenters. The minimum atomic E-state index is 0.0958. The molecule has 1 N–H and O–H groups in total. The standard InChI is InChI=1S/C19H24N4O2/c24-19-7-4-15-13-17(5-6-18(15)21-19)25-12-11-22-9-1-3-16(22)14-23-10-2-8-20-23/h2,5-6,8,10,13,16H,1,3-4,7,9,11-12,14H2,(H,21,24)/t16-/m0/s1. The maximum atomic E-state index is 11.4. The molecular formula is C19H24N4O2. The largest absolute Gasteiger partial charge is 0.492 e. The van der Waals surface area contributed by atoms with Crippen LogP contribution in [-0.2, 0) is 17.8 Å². The van der Waals surface area contributed by atoms with Gasteiger partial charge in [-0.3, -0.25) is 14.4 Å². The summed E-state index contributed by atoms with van der Waals surface area (Å²) in [6.07, 6.45) is 7.67. The Labute approximate surface area is 147 Å². The van der Waals surface area contributed by atoms with Crippen molar-refractivity contribution in [2.75, 3.05) is 25.0 Å². The third-order valence-corrected chi connectivity index (χ3v) is 5.08. The van der Waals surface area contributed by atoms with Crippen molar-refractivity contribution in [2.24, 2.45) is 0 Å². The molecule has 0 saturated carbocycles. The van der Waals surface area contributed by atoms with E-state index in [0.29, 0.717) is 19.1 Å². The number of nitrogens with zero attached hydrogens (tertiary/aromatic N) is 3. The number of aromatic nitrogens is 2. The molecule has 3 heterocycles. The van der Waals surface area contributed by atoms with Crippen molar-refractivity contribution in [1.82, 2.24) is 14.7 Å². The number of amides is 1. The first-order chi connectivity index (χ1) is 12.3. The Bertz CT molecular complexity index is 729. The maximum absolute atomic E-state index is 11.4. The maximum Gasteiger partial charge on any atom is 0.224 e. The normalized spacial score (nSPS) is 20.3. The van der Waals surface area contributed by atoms with Gasteiger partial charge in [0, 0.05) is 37.1 Å². The van der Waals surface area contributed by atoms with E-state index in [1.807, 2.05) is 35.3 Å². The van der Waals surface area contributed by atoms with E-state index in [1.165, 1.54) is 12.8 Å². The second kappa shape index (κ2) is 7.27. The van der Waals surface area contributed by atoms with Crippen molar-refractivity contribution in [3.05, 3.63) is 42.2 Å². The highest BCUT2D eigenvalue weighted by Gasteiger charge is 2.24. The topological polar surface area (TPSA) is 59.4 Å². The van der Waals surface area contributed by atoms with Gasteiger partial charge in [-0.15, -0.1) is 0 Å². The Kier molecular flexibility index (Phi) is 4.70. The summed E-state index contributed by atoms with van der Waals surface area (Å²) in [5.74, 6) is 0.983. The van der Waals surface area contributed by atoms with Crippen LogP contribution >= 0.6 is 0 Å². The molecule has 6 heteroatoms. The molecule has 2 aliphatic rings. The minimum absolute atomic E-state index is 0.0958. The van der Waals surface area contributed by atoms with Crippen LogP contribution in [0.4, 0.5) is 5.69 Å². The molecule has 2 aliphatic heterocycles. The number of hydrogen-bond donors (Lipinski definition) is 1. The zero-order valence-corrected chi connectivity index (χ0v) is 14.4. The van der Waals surface area contributed by atoms with Crippen molar-refractivity contribution >= 4 is 11.6 Å². The first-order valence-corrected chi connectivity index (χ1v) is 9.05. The molecule has 1 fully saturated rings. The van der Waals surface area contributed by atoms with Gasteiger partial charge < -0.3 is 10.1 Å². The molecule has 4 rings (SSSR count). The molecule has 1 aromatic carbocycles. The Hall–Kier alpha value is -2.34. The zero-order valence-electron chi connectivity index (χ0n) is 14.4. The summed E-state index contributed by atoms with van der Waals surface area (Å²) in [5.41, 5.74) is 2.08. The third-order valence-electron chi connectivity index (χ3n) is 5.08. The Morgan fingerprint density at radius 2 is 2.28 bits per heavy atom. The van der Waals surface area contributed by atoms with Gasteiger partial charge in [-0.2, -0.15) is 5.10 Å². The number of nitrogens with one attached hydrogen (secondary N) is 1. The van der Waals surface area contributed by atoms with Crippen LogP contribution < -0.4 is 10.1 Å². The van der Waals surface area contributed by atoms with E-state index >= 15 is 0 Å². The molecule has 2 aromatic rings. The number of aryl methyl sites for hydroxylation is 1. The molecule has 1 saturated heterocycles. The SMILES string of the molecule is O=C1CCc2cc(OCCN3CCC[C@H]3Cn3cccn3)ccc2N1. The van der Waals surface area contributed by atoms with Crippen LogP contribution in [0.1, 0.15) is 24.8 Å². The van der Waals surface area contributed by atoms with Crippen molar-refractivity contribution < 1.29 is 9.53 Å². The van der Waals surface area contributed by atoms with E-state index in [-0.39, 0.29) is 5.91 Å². The van der Waals surface area contributed by atoms with Crippen LogP contribution in [0.5, 0.6) is 5.75 Å². The first-order valence-electron chi connectivity index (χ1n) is 9.05. The summed E-state index contributed by atoms with van der Waals surface area (Å²) in [4.78, 5) is 13.9. The molecule has 0 bridgehead atoms. The second-order valence-corrected chi connectivity index (χ2v) is 6.78. The molecule has 1 aromatic heterocycles. The fourth-order valence-corrected chi connectivity index (χ4v) is 3.75. The number of fused-ring (bicyclic) bond motifs is 1. The summed E-state index contributed by atoms with van der Waals surface area (Å²) in [7, 11) is 0. The van der Waals surface area contributed by atoms with Gasteiger partial charge in [-0.05, 0) is 55.6 Å². The predicted octanol–water partition coefficient (Wildman–Crippen LogP) is 2.31. The summed E-state index contributed by atoms with van der Waals surface area (Å²) in [6.45, 7) is 3.69. The molecule has 0 spiro atoms. The predicted molar refractivity (Wildman–Crippen MR) is 95.7 cm³/mol. The van der Waals surface area contributed by atoms with E-state index in [4.69, 9.17) is 4.74 Å². The lowest BCUT2D eigenvalue weighted by molar-refractivity contribution is -0.116. The molecule has 0 aliphatic carbocycles. The molecular weight excluding hydrogens is 316 g/mol. The smallest absolute Gasteiger partial charge is 0.224 e. The fourth-order valence-electron chi connectivity index (χ4n) is 3.75. The number of carbonyl (C=O) groups excluding carboxylic acids is 1. The van der Waals surface area contributed by atoms with Crippen molar-refractivity contribution in [1.29, 1.82) is 0 Å². The number of anilines is 1. The average molecular weight is 340 g/mol. The summed E-state index contributed by atoms with van der Waals surface area (Å²) in [6, 6.07) is 8.46. The molecule has 1 amide bonds. The Morgan fingerprint density at radius 3 is 3.16 bits per heavy atom. The second-order valence-electron chi connectivity index (χ2n) is 6.78.